The third-order valence-corrected chi connectivity index (χ3v) is 5.08. The summed E-state index contributed by atoms with van der Waals surface area (Å²) in [6, 6.07) is 6.85. The van der Waals surface area contributed by atoms with Crippen molar-refractivity contribution in [2.45, 2.75) is 18.9 Å². The van der Waals surface area contributed by atoms with Gasteiger partial charge in [-0.2, -0.15) is 11.8 Å². The highest BCUT2D eigenvalue weighted by Crippen LogP contribution is 2.31. The Morgan fingerprint density at radius 2 is 2.12 bits per heavy atom. The predicted molar refractivity (Wildman–Crippen MR) is 80.4 cm³/mol. The summed E-state index contributed by atoms with van der Waals surface area (Å²) in [5.41, 5.74) is 2.36. The number of nitrogens with one attached hydrogen (secondary N) is 1. The summed E-state index contributed by atoms with van der Waals surface area (Å²) in [6.07, 6.45) is 2.44. The zero-order valence-corrected chi connectivity index (χ0v) is 12.5. The monoisotopic (exact) mass is 328 g/mol. The van der Waals surface area contributed by atoms with Gasteiger partial charge in [-0.25, -0.2) is 0 Å². The number of H-pyrrole nitrogens is 1. The lowest BCUT2D eigenvalue weighted by atomic mass is 10.1. The van der Waals surface area contributed by atoms with Gasteiger partial charge in [-0.05, 0) is 54.8 Å². The summed E-state index contributed by atoms with van der Waals surface area (Å²) >= 11 is 11.0. The Bertz CT molecular complexity index is 596. The minimum Gasteiger partial charge on any atom is -0.331 e. The van der Waals surface area contributed by atoms with Gasteiger partial charge in [0.05, 0.1) is 11.0 Å². The molecule has 0 spiro atoms. The fourth-order valence-corrected chi connectivity index (χ4v) is 4.19. The molecule has 3 rings (SSSR count). The van der Waals surface area contributed by atoms with Crippen LogP contribution in [0.3, 0.4) is 0 Å². The molecular weight excluding hydrogens is 316 g/mol. The number of hydrogen-bond acceptors (Lipinski definition) is 2. The molecule has 0 saturated carbocycles. The molecule has 1 aromatic carbocycles. The van der Waals surface area contributed by atoms with E-state index in [1.807, 2.05) is 11.8 Å². The van der Waals surface area contributed by atoms with E-state index in [0.29, 0.717) is 6.04 Å². The van der Waals surface area contributed by atoms with E-state index in [2.05, 4.69) is 43.7 Å². The second-order valence-corrected chi connectivity index (χ2v) is 6.83. The lowest BCUT2D eigenvalue weighted by Crippen LogP contribution is -2.15. The second kappa shape index (κ2) is 4.78. The molecule has 90 valence electrons. The Balaban J connectivity index is 2.16. The molecule has 1 aromatic heterocycles. The van der Waals surface area contributed by atoms with Gasteiger partial charge >= 0.3 is 0 Å². The minimum atomic E-state index is 0.562. The molecule has 0 radical (unpaired) electrons. The largest absolute Gasteiger partial charge is 0.331 e. The summed E-state index contributed by atoms with van der Waals surface area (Å²) in [4.78, 5) is 3.30. The number of halogens is 1. The number of rotatable bonds is 1. The first-order valence-corrected chi connectivity index (χ1v) is 8.09. The van der Waals surface area contributed by atoms with Crippen LogP contribution in [0.2, 0.25) is 0 Å². The maximum Gasteiger partial charge on any atom is 0.178 e. The number of thioether (sulfide) groups is 1. The van der Waals surface area contributed by atoms with E-state index >= 15 is 0 Å². The molecule has 2 heterocycles. The molecule has 1 aliphatic rings. The van der Waals surface area contributed by atoms with Crippen LogP contribution < -0.4 is 0 Å². The molecule has 1 fully saturated rings. The first-order chi connectivity index (χ1) is 8.25. The number of hydrogen-bond donors (Lipinski definition) is 1. The maximum atomic E-state index is 5.46. The highest BCUT2D eigenvalue weighted by molar-refractivity contribution is 9.10. The van der Waals surface area contributed by atoms with Crippen molar-refractivity contribution in [1.29, 1.82) is 0 Å². The second-order valence-electron chi connectivity index (χ2n) is 4.31. The van der Waals surface area contributed by atoms with E-state index in [1.54, 1.807) is 0 Å². The highest BCUT2D eigenvalue weighted by atomic mass is 79.9. The topological polar surface area (TPSA) is 20.7 Å². The molecule has 2 nitrogen and oxygen atoms in total. The van der Waals surface area contributed by atoms with Crippen molar-refractivity contribution in [2.75, 3.05) is 11.5 Å². The van der Waals surface area contributed by atoms with Gasteiger partial charge in [-0.1, -0.05) is 15.9 Å². The molecule has 0 aliphatic carbocycles. The third kappa shape index (κ3) is 2.20. The van der Waals surface area contributed by atoms with Crippen LogP contribution in [0.25, 0.3) is 11.0 Å². The quantitative estimate of drug-likeness (QED) is 0.776. The van der Waals surface area contributed by atoms with Gasteiger partial charge in [0.15, 0.2) is 4.77 Å². The Morgan fingerprint density at radius 1 is 1.35 bits per heavy atom. The van der Waals surface area contributed by atoms with Gasteiger partial charge < -0.3 is 9.55 Å². The molecule has 0 bridgehead atoms. The number of fused-ring (bicyclic) bond motifs is 1. The number of aromatic nitrogens is 2. The summed E-state index contributed by atoms with van der Waals surface area (Å²) in [7, 11) is 0. The van der Waals surface area contributed by atoms with Crippen molar-refractivity contribution < 1.29 is 0 Å². The molecule has 1 aliphatic heterocycles. The standard InChI is InChI=1S/C12H13BrN2S2/c13-8-1-2-10-11(7-8)15(12(16)14-10)9-3-5-17-6-4-9/h1-2,7,9H,3-6H2,(H,14,16). The van der Waals surface area contributed by atoms with Gasteiger partial charge in [0.1, 0.15) is 0 Å². The molecule has 0 unspecified atom stereocenters. The van der Waals surface area contributed by atoms with E-state index in [4.69, 9.17) is 12.2 Å². The summed E-state index contributed by atoms with van der Waals surface area (Å²) < 4.78 is 4.27. The summed E-state index contributed by atoms with van der Waals surface area (Å²) in [5.74, 6) is 2.49. The lowest BCUT2D eigenvalue weighted by Gasteiger charge is -2.23. The summed E-state index contributed by atoms with van der Waals surface area (Å²) in [5, 5.41) is 0. The van der Waals surface area contributed by atoms with Gasteiger partial charge in [0.2, 0.25) is 0 Å². The average Bonchev–Trinajstić information content (AvgIpc) is 2.65. The van der Waals surface area contributed by atoms with Gasteiger partial charge in [0.25, 0.3) is 0 Å². The third-order valence-electron chi connectivity index (χ3n) is 3.24. The molecule has 0 atom stereocenters. The molecule has 1 N–H and O–H groups in total. The van der Waals surface area contributed by atoms with Crippen molar-refractivity contribution >= 4 is 50.9 Å². The van der Waals surface area contributed by atoms with Crippen molar-refractivity contribution in [3.05, 3.63) is 27.4 Å². The van der Waals surface area contributed by atoms with Gasteiger partial charge in [-0.15, -0.1) is 0 Å². The SMILES string of the molecule is S=c1[nH]c2ccc(Br)cc2n1C1CCSCC1. The number of nitrogens with zero attached hydrogens (tertiary/aromatic N) is 1. The molecule has 17 heavy (non-hydrogen) atoms. The fourth-order valence-electron chi connectivity index (χ4n) is 2.40. The van der Waals surface area contributed by atoms with Gasteiger partial charge in [0, 0.05) is 10.5 Å². The van der Waals surface area contributed by atoms with Crippen LogP contribution in [-0.2, 0) is 0 Å². The van der Waals surface area contributed by atoms with E-state index < -0.39 is 0 Å². The molecule has 1 saturated heterocycles. The molecule has 5 heteroatoms. The van der Waals surface area contributed by atoms with E-state index in [9.17, 15) is 0 Å². The maximum absolute atomic E-state index is 5.46. The zero-order valence-electron chi connectivity index (χ0n) is 9.28. The summed E-state index contributed by atoms with van der Waals surface area (Å²) in [6.45, 7) is 0. The fraction of sp³-hybridized carbons (Fsp3) is 0.417. The van der Waals surface area contributed by atoms with Gasteiger partial charge in [-0.3, -0.25) is 0 Å². The number of imidazole rings is 1. The average molecular weight is 329 g/mol. The van der Waals surface area contributed by atoms with Crippen LogP contribution >= 0.6 is 39.9 Å². The van der Waals surface area contributed by atoms with E-state index in [-0.39, 0.29) is 0 Å². The minimum absolute atomic E-state index is 0.562. The Hall–Kier alpha value is -0.260. The van der Waals surface area contributed by atoms with Crippen LogP contribution in [-0.4, -0.2) is 21.1 Å². The Morgan fingerprint density at radius 3 is 2.88 bits per heavy atom. The van der Waals surface area contributed by atoms with Crippen LogP contribution in [0, 0.1) is 4.77 Å². The number of aromatic amines is 1. The Kier molecular flexibility index (Phi) is 3.32. The zero-order chi connectivity index (χ0) is 11.8. The van der Waals surface area contributed by atoms with E-state index in [1.165, 1.54) is 29.9 Å². The van der Waals surface area contributed by atoms with Crippen molar-refractivity contribution in [3.8, 4) is 0 Å². The molecule has 2 aromatic rings. The normalized spacial score (nSPS) is 17.7. The van der Waals surface area contributed by atoms with Crippen molar-refractivity contribution in [1.82, 2.24) is 9.55 Å². The number of benzene rings is 1. The molecular formula is C12H13BrN2S2. The predicted octanol–water partition coefficient (Wildman–Crippen LogP) is 4.53. The highest BCUT2D eigenvalue weighted by Gasteiger charge is 2.18. The lowest BCUT2D eigenvalue weighted by molar-refractivity contribution is 0.476. The molecule has 0 amide bonds. The first-order valence-electron chi connectivity index (χ1n) is 5.73. The smallest absolute Gasteiger partial charge is 0.178 e. The van der Waals surface area contributed by atoms with Crippen molar-refractivity contribution in [2.24, 2.45) is 0 Å². The van der Waals surface area contributed by atoms with Crippen LogP contribution in [0.15, 0.2) is 22.7 Å². The first kappa shape index (κ1) is 11.8. The van der Waals surface area contributed by atoms with Crippen LogP contribution in [0.1, 0.15) is 18.9 Å². The Labute approximate surface area is 118 Å². The van der Waals surface area contributed by atoms with Crippen LogP contribution in [0.4, 0.5) is 0 Å². The van der Waals surface area contributed by atoms with E-state index in [0.717, 1.165) is 14.8 Å². The van der Waals surface area contributed by atoms with Crippen molar-refractivity contribution in [3.63, 3.8) is 0 Å². The van der Waals surface area contributed by atoms with Crippen LogP contribution in [0.5, 0.6) is 0 Å².